The quantitative estimate of drug-likeness (QED) is 0.815. The molecule has 1 N–H and O–H groups in total. The van der Waals surface area contributed by atoms with Crippen LogP contribution in [-0.2, 0) is 4.74 Å². The molecule has 2 unspecified atom stereocenters. The highest BCUT2D eigenvalue weighted by Crippen LogP contribution is 2.29. The van der Waals surface area contributed by atoms with Crippen LogP contribution in [0.5, 0.6) is 0 Å². The Labute approximate surface area is 134 Å². The molecule has 0 aromatic heterocycles. The van der Waals surface area contributed by atoms with Gasteiger partial charge in [-0.2, -0.15) is 0 Å². The van der Waals surface area contributed by atoms with E-state index in [4.69, 9.17) is 4.74 Å². The summed E-state index contributed by atoms with van der Waals surface area (Å²) < 4.78 is 5.44. The lowest BCUT2D eigenvalue weighted by Crippen LogP contribution is -2.47. The standard InChI is InChI=1S/C17H31N3O2/c1-14-3-2-8-19(11-14)9-7-18-17(21)20(16-4-5-16)12-15-6-10-22-13-15/h14-16H,2-13H2,1H3,(H,18,21). The Balaban J connectivity index is 1.39. The van der Waals surface area contributed by atoms with Gasteiger partial charge in [-0.25, -0.2) is 4.79 Å². The Hall–Kier alpha value is -0.810. The molecule has 0 spiro atoms. The van der Waals surface area contributed by atoms with E-state index in [2.05, 4.69) is 22.0 Å². The Morgan fingerprint density at radius 3 is 2.86 bits per heavy atom. The summed E-state index contributed by atoms with van der Waals surface area (Å²) in [5.74, 6) is 1.34. The molecule has 2 amide bonds. The van der Waals surface area contributed by atoms with E-state index >= 15 is 0 Å². The number of urea groups is 1. The van der Waals surface area contributed by atoms with Crippen LogP contribution in [0.15, 0.2) is 0 Å². The first-order chi connectivity index (χ1) is 10.7. The summed E-state index contributed by atoms with van der Waals surface area (Å²) >= 11 is 0. The van der Waals surface area contributed by atoms with E-state index < -0.39 is 0 Å². The van der Waals surface area contributed by atoms with Crippen molar-refractivity contribution in [1.29, 1.82) is 0 Å². The third-order valence-corrected chi connectivity index (χ3v) is 5.17. The normalized spacial score (nSPS) is 29.5. The monoisotopic (exact) mass is 309 g/mol. The molecule has 0 aromatic rings. The third kappa shape index (κ3) is 4.59. The lowest BCUT2D eigenvalue weighted by molar-refractivity contribution is 0.158. The van der Waals surface area contributed by atoms with Crippen LogP contribution in [0.3, 0.4) is 0 Å². The summed E-state index contributed by atoms with van der Waals surface area (Å²) in [5, 5.41) is 3.14. The Morgan fingerprint density at radius 1 is 1.32 bits per heavy atom. The average Bonchev–Trinajstić information content (AvgIpc) is 3.21. The van der Waals surface area contributed by atoms with Crippen molar-refractivity contribution in [3.05, 3.63) is 0 Å². The van der Waals surface area contributed by atoms with Crippen molar-refractivity contribution in [2.45, 2.75) is 45.1 Å². The first-order valence-corrected chi connectivity index (χ1v) is 9.07. The van der Waals surface area contributed by atoms with E-state index in [-0.39, 0.29) is 6.03 Å². The van der Waals surface area contributed by atoms with E-state index in [0.717, 1.165) is 45.2 Å². The van der Waals surface area contributed by atoms with Gasteiger partial charge in [-0.1, -0.05) is 6.92 Å². The van der Waals surface area contributed by atoms with Gasteiger partial charge < -0.3 is 19.9 Å². The number of likely N-dealkylation sites (tertiary alicyclic amines) is 1. The maximum Gasteiger partial charge on any atom is 0.317 e. The number of rotatable bonds is 6. The van der Waals surface area contributed by atoms with Crippen LogP contribution < -0.4 is 5.32 Å². The molecule has 3 rings (SSSR count). The van der Waals surface area contributed by atoms with Gasteiger partial charge in [-0.15, -0.1) is 0 Å². The fourth-order valence-electron chi connectivity index (χ4n) is 3.70. The number of nitrogens with zero attached hydrogens (tertiary/aromatic N) is 2. The second kappa shape index (κ2) is 7.64. The lowest BCUT2D eigenvalue weighted by atomic mass is 10.0. The second-order valence-electron chi connectivity index (χ2n) is 7.39. The van der Waals surface area contributed by atoms with Gasteiger partial charge in [0, 0.05) is 44.7 Å². The molecule has 22 heavy (non-hydrogen) atoms. The molecule has 0 aromatic carbocycles. The molecule has 3 fully saturated rings. The van der Waals surface area contributed by atoms with Crippen molar-refractivity contribution in [3.63, 3.8) is 0 Å². The van der Waals surface area contributed by atoms with E-state index in [1.807, 2.05) is 0 Å². The predicted octanol–water partition coefficient (Wildman–Crippen LogP) is 1.93. The average molecular weight is 309 g/mol. The van der Waals surface area contributed by atoms with Crippen LogP contribution in [0.25, 0.3) is 0 Å². The molecule has 3 aliphatic rings. The van der Waals surface area contributed by atoms with Gasteiger partial charge in [-0.3, -0.25) is 0 Å². The van der Waals surface area contributed by atoms with Gasteiger partial charge >= 0.3 is 6.03 Å². The van der Waals surface area contributed by atoms with E-state index in [9.17, 15) is 4.79 Å². The molecule has 2 atom stereocenters. The topological polar surface area (TPSA) is 44.8 Å². The molecule has 5 heteroatoms. The summed E-state index contributed by atoms with van der Waals surface area (Å²) in [6.07, 6.45) is 6.09. The molecular weight excluding hydrogens is 278 g/mol. The smallest absolute Gasteiger partial charge is 0.317 e. The highest BCUT2D eigenvalue weighted by Gasteiger charge is 2.34. The predicted molar refractivity (Wildman–Crippen MR) is 86.9 cm³/mol. The summed E-state index contributed by atoms with van der Waals surface area (Å²) in [6.45, 7) is 9.01. The highest BCUT2D eigenvalue weighted by atomic mass is 16.5. The number of carbonyl (C=O) groups is 1. The number of carbonyl (C=O) groups excluding carboxylic acids is 1. The first-order valence-electron chi connectivity index (χ1n) is 9.07. The van der Waals surface area contributed by atoms with E-state index in [1.165, 1.54) is 38.8 Å². The molecule has 2 saturated heterocycles. The minimum atomic E-state index is 0.138. The van der Waals surface area contributed by atoms with Crippen LogP contribution in [-0.4, -0.2) is 67.8 Å². The van der Waals surface area contributed by atoms with Gasteiger partial charge in [0.1, 0.15) is 0 Å². The number of piperidine rings is 1. The van der Waals surface area contributed by atoms with E-state index in [1.54, 1.807) is 0 Å². The van der Waals surface area contributed by atoms with Gasteiger partial charge in [0.25, 0.3) is 0 Å². The third-order valence-electron chi connectivity index (χ3n) is 5.17. The molecule has 126 valence electrons. The SMILES string of the molecule is CC1CCCN(CCNC(=O)N(CC2CCOC2)C2CC2)C1. The van der Waals surface area contributed by atoms with Crippen molar-refractivity contribution in [1.82, 2.24) is 15.1 Å². The van der Waals surface area contributed by atoms with Crippen molar-refractivity contribution in [2.75, 3.05) is 45.9 Å². The number of hydrogen-bond acceptors (Lipinski definition) is 3. The molecule has 1 aliphatic carbocycles. The number of nitrogens with one attached hydrogen (secondary N) is 1. The van der Waals surface area contributed by atoms with Gasteiger partial charge in [0.05, 0.1) is 6.61 Å². The molecule has 1 saturated carbocycles. The molecular formula is C17H31N3O2. The minimum absolute atomic E-state index is 0.138. The summed E-state index contributed by atoms with van der Waals surface area (Å²) in [6, 6.07) is 0.620. The van der Waals surface area contributed by atoms with E-state index in [0.29, 0.717) is 12.0 Å². The van der Waals surface area contributed by atoms with Gasteiger partial charge in [0.2, 0.25) is 0 Å². The van der Waals surface area contributed by atoms with Crippen LogP contribution in [0, 0.1) is 11.8 Å². The highest BCUT2D eigenvalue weighted by molar-refractivity contribution is 5.74. The zero-order valence-electron chi connectivity index (χ0n) is 13.9. The fourth-order valence-corrected chi connectivity index (χ4v) is 3.70. The maximum absolute atomic E-state index is 12.5. The Kier molecular flexibility index (Phi) is 5.58. The molecule has 5 nitrogen and oxygen atoms in total. The van der Waals surface area contributed by atoms with Crippen molar-refractivity contribution >= 4 is 6.03 Å². The lowest BCUT2D eigenvalue weighted by Gasteiger charge is -2.31. The molecule has 2 heterocycles. The zero-order chi connectivity index (χ0) is 15.4. The summed E-state index contributed by atoms with van der Waals surface area (Å²) in [5.41, 5.74) is 0. The summed E-state index contributed by atoms with van der Waals surface area (Å²) in [4.78, 5) is 17.0. The Morgan fingerprint density at radius 2 is 2.18 bits per heavy atom. The molecule has 2 aliphatic heterocycles. The zero-order valence-corrected chi connectivity index (χ0v) is 13.9. The van der Waals surface area contributed by atoms with Crippen molar-refractivity contribution < 1.29 is 9.53 Å². The largest absolute Gasteiger partial charge is 0.381 e. The van der Waals surface area contributed by atoms with Crippen LogP contribution in [0.2, 0.25) is 0 Å². The van der Waals surface area contributed by atoms with Crippen LogP contribution in [0.1, 0.15) is 39.0 Å². The van der Waals surface area contributed by atoms with Crippen molar-refractivity contribution in [3.8, 4) is 0 Å². The molecule has 0 radical (unpaired) electrons. The van der Waals surface area contributed by atoms with Crippen LogP contribution >= 0.6 is 0 Å². The fraction of sp³-hybridized carbons (Fsp3) is 0.941. The second-order valence-corrected chi connectivity index (χ2v) is 7.39. The van der Waals surface area contributed by atoms with Crippen LogP contribution in [0.4, 0.5) is 4.79 Å². The Bertz CT molecular complexity index is 367. The number of amides is 2. The number of ether oxygens (including phenoxy) is 1. The van der Waals surface area contributed by atoms with Gasteiger partial charge in [0.15, 0.2) is 0 Å². The first kappa shape index (κ1) is 16.1. The van der Waals surface area contributed by atoms with Crippen molar-refractivity contribution in [2.24, 2.45) is 11.8 Å². The van der Waals surface area contributed by atoms with Gasteiger partial charge in [-0.05, 0) is 44.6 Å². The maximum atomic E-state index is 12.5. The number of hydrogen-bond donors (Lipinski definition) is 1. The molecule has 0 bridgehead atoms. The minimum Gasteiger partial charge on any atom is -0.381 e. The summed E-state index contributed by atoms with van der Waals surface area (Å²) in [7, 11) is 0.